The number of anilines is 1. The minimum atomic E-state index is -0.955. The molecule has 0 aliphatic carbocycles. The number of hydrogen-bond acceptors (Lipinski definition) is 2. The fraction of sp³-hybridized carbons (Fsp3) is 0.133. The minimum Gasteiger partial charge on any atom is -0.384 e. The first kappa shape index (κ1) is 11.9. The molecule has 2 aromatic rings. The number of halogens is 1. The number of rotatable bonds is 2. The van der Waals surface area contributed by atoms with E-state index in [1.807, 2.05) is 6.07 Å². The van der Waals surface area contributed by atoms with E-state index in [1.54, 1.807) is 24.3 Å². The zero-order valence-corrected chi connectivity index (χ0v) is 10.1. The molecule has 0 spiro atoms. The molecule has 3 rings (SSSR count). The summed E-state index contributed by atoms with van der Waals surface area (Å²) in [7, 11) is 0. The normalized spacial score (nSPS) is 14.9. The lowest BCUT2D eigenvalue weighted by Crippen LogP contribution is -2.07. The Bertz CT molecular complexity index is 640. The smallest absolute Gasteiger partial charge is 0.228 e. The summed E-state index contributed by atoms with van der Waals surface area (Å²) in [6.45, 7) is 0. The molecule has 0 aromatic heterocycles. The predicted octanol–water partition coefficient (Wildman–Crippen LogP) is 2.40. The number of nitrogens with one attached hydrogen (secondary N) is 1. The van der Waals surface area contributed by atoms with Crippen LogP contribution >= 0.6 is 0 Å². The van der Waals surface area contributed by atoms with Crippen molar-refractivity contribution in [2.45, 2.75) is 12.5 Å². The van der Waals surface area contributed by atoms with E-state index in [-0.39, 0.29) is 12.3 Å². The van der Waals surface area contributed by atoms with Gasteiger partial charge in [-0.2, -0.15) is 0 Å². The summed E-state index contributed by atoms with van der Waals surface area (Å²) < 4.78 is 13.6. The highest BCUT2D eigenvalue weighted by Gasteiger charge is 2.25. The van der Waals surface area contributed by atoms with Gasteiger partial charge in [-0.3, -0.25) is 4.79 Å². The van der Waals surface area contributed by atoms with Gasteiger partial charge in [0.2, 0.25) is 5.91 Å². The Morgan fingerprint density at radius 1 is 1.21 bits per heavy atom. The van der Waals surface area contributed by atoms with Crippen LogP contribution in [0.2, 0.25) is 0 Å². The number of benzene rings is 2. The molecule has 0 saturated heterocycles. The van der Waals surface area contributed by atoms with Crippen LogP contribution in [0.1, 0.15) is 22.8 Å². The molecule has 1 atom stereocenters. The standard InChI is InChI=1S/C15H12FNO2/c16-11-6-10-7-13(18)17-14(10)12(8-11)15(19)9-4-2-1-3-5-9/h1-6,8,15,19H,7H2,(H,17,18). The first-order valence-electron chi connectivity index (χ1n) is 6.00. The van der Waals surface area contributed by atoms with Gasteiger partial charge >= 0.3 is 0 Å². The van der Waals surface area contributed by atoms with Crippen LogP contribution in [0, 0.1) is 5.82 Å². The molecule has 0 bridgehead atoms. The molecule has 2 aromatic carbocycles. The molecule has 3 nitrogen and oxygen atoms in total. The molecule has 0 fully saturated rings. The van der Waals surface area contributed by atoms with Gasteiger partial charge < -0.3 is 10.4 Å². The van der Waals surface area contributed by atoms with Crippen molar-refractivity contribution < 1.29 is 14.3 Å². The Kier molecular flexibility index (Phi) is 2.80. The maximum Gasteiger partial charge on any atom is 0.228 e. The number of amides is 1. The highest BCUT2D eigenvalue weighted by atomic mass is 19.1. The summed E-state index contributed by atoms with van der Waals surface area (Å²) in [4.78, 5) is 11.4. The van der Waals surface area contributed by atoms with Crippen molar-refractivity contribution in [1.82, 2.24) is 0 Å². The SMILES string of the molecule is O=C1Cc2cc(F)cc(C(O)c3ccccc3)c2N1. The third kappa shape index (κ3) is 2.11. The molecule has 0 radical (unpaired) electrons. The second kappa shape index (κ2) is 4.48. The van der Waals surface area contributed by atoms with Gasteiger partial charge in [0.25, 0.3) is 0 Å². The van der Waals surface area contributed by atoms with Crippen LogP contribution in [-0.2, 0) is 11.2 Å². The lowest BCUT2D eigenvalue weighted by atomic mass is 9.97. The maximum absolute atomic E-state index is 13.6. The van der Waals surface area contributed by atoms with E-state index in [0.29, 0.717) is 22.4 Å². The van der Waals surface area contributed by atoms with Gasteiger partial charge in [0.05, 0.1) is 12.1 Å². The number of hydrogen-bond donors (Lipinski definition) is 2. The topological polar surface area (TPSA) is 49.3 Å². The fourth-order valence-electron chi connectivity index (χ4n) is 2.37. The van der Waals surface area contributed by atoms with E-state index in [2.05, 4.69) is 5.32 Å². The number of aliphatic hydroxyl groups excluding tert-OH is 1. The number of fused-ring (bicyclic) bond motifs is 1. The molecule has 1 unspecified atom stereocenters. The lowest BCUT2D eigenvalue weighted by Gasteiger charge is -2.15. The monoisotopic (exact) mass is 257 g/mol. The van der Waals surface area contributed by atoms with Gasteiger partial charge in [-0.25, -0.2) is 4.39 Å². The van der Waals surface area contributed by atoms with E-state index >= 15 is 0 Å². The zero-order valence-electron chi connectivity index (χ0n) is 10.1. The summed E-state index contributed by atoms with van der Waals surface area (Å²) in [6.07, 6.45) is -0.800. The summed E-state index contributed by atoms with van der Waals surface area (Å²) in [5, 5.41) is 13.0. The molecule has 1 amide bonds. The molecular weight excluding hydrogens is 245 g/mol. The van der Waals surface area contributed by atoms with E-state index in [4.69, 9.17) is 0 Å². The maximum atomic E-state index is 13.6. The minimum absolute atomic E-state index is 0.154. The fourth-order valence-corrected chi connectivity index (χ4v) is 2.37. The molecule has 0 saturated carbocycles. The van der Waals surface area contributed by atoms with Crippen molar-refractivity contribution >= 4 is 11.6 Å². The summed E-state index contributed by atoms with van der Waals surface area (Å²) >= 11 is 0. The molecule has 1 aliphatic heterocycles. The number of carbonyl (C=O) groups excluding carboxylic acids is 1. The Labute approximate surface area is 109 Å². The number of aliphatic hydroxyl groups is 1. The van der Waals surface area contributed by atoms with Crippen LogP contribution in [0.15, 0.2) is 42.5 Å². The van der Waals surface area contributed by atoms with Crippen molar-refractivity contribution in [3.63, 3.8) is 0 Å². The Morgan fingerprint density at radius 3 is 2.68 bits per heavy atom. The van der Waals surface area contributed by atoms with Gasteiger partial charge in [-0.05, 0) is 23.3 Å². The van der Waals surface area contributed by atoms with E-state index in [9.17, 15) is 14.3 Å². The average molecular weight is 257 g/mol. The van der Waals surface area contributed by atoms with Crippen LogP contribution in [0.25, 0.3) is 0 Å². The lowest BCUT2D eigenvalue weighted by molar-refractivity contribution is -0.115. The third-order valence-electron chi connectivity index (χ3n) is 3.24. The molecule has 96 valence electrons. The quantitative estimate of drug-likeness (QED) is 0.868. The van der Waals surface area contributed by atoms with Crippen LogP contribution in [-0.4, -0.2) is 11.0 Å². The molecule has 1 heterocycles. The summed E-state index contributed by atoms with van der Waals surface area (Å²) in [5.41, 5.74) is 2.18. The van der Waals surface area contributed by atoms with Gasteiger partial charge in [-0.15, -0.1) is 0 Å². The predicted molar refractivity (Wildman–Crippen MR) is 69.2 cm³/mol. The van der Waals surface area contributed by atoms with Crippen molar-refractivity contribution in [3.05, 3.63) is 65.0 Å². The van der Waals surface area contributed by atoms with E-state index in [1.165, 1.54) is 12.1 Å². The Morgan fingerprint density at radius 2 is 1.95 bits per heavy atom. The van der Waals surface area contributed by atoms with Gasteiger partial charge in [0.1, 0.15) is 11.9 Å². The van der Waals surface area contributed by atoms with E-state index in [0.717, 1.165) is 0 Å². The third-order valence-corrected chi connectivity index (χ3v) is 3.24. The first-order valence-corrected chi connectivity index (χ1v) is 6.00. The van der Waals surface area contributed by atoms with Crippen molar-refractivity contribution in [2.24, 2.45) is 0 Å². The molecule has 1 aliphatic rings. The second-order valence-electron chi connectivity index (χ2n) is 4.57. The Balaban J connectivity index is 2.09. The first-order chi connectivity index (χ1) is 9.15. The average Bonchev–Trinajstić information content (AvgIpc) is 2.78. The highest BCUT2D eigenvalue weighted by molar-refractivity contribution is 6.00. The van der Waals surface area contributed by atoms with Crippen molar-refractivity contribution in [2.75, 3.05) is 5.32 Å². The van der Waals surface area contributed by atoms with Crippen LogP contribution in [0.5, 0.6) is 0 Å². The zero-order chi connectivity index (χ0) is 13.4. The molecule has 2 N–H and O–H groups in total. The summed E-state index contributed by atoms with van der Waals surface area (Å²) in [6, 6.07) is 11.6. The summed E-state index contributed by atoms with van der Waals surface area (Å²) in [5.74, 6) is -0.623. The van der Waals surface area contributed by atoms with Crippen LogP contribution < -0.4 is 5.32 Å². The largest absolute Gasteiger partial charge is 0.384 e. The number of carbonyl (C=O) groups is 1. The van der Waals surface area contributed by atoms with Crippen molar-refractivity contribution in [3.8, 4) is 0 Å². The van der Waals surface area contributed by atoms with Crippen LogP contribution in [0.4, 0.5) is 10.1 Å². The van der Waals surface area contributed by atoms with E-state index < -0.39 is 11.9 Å². The molecule has 19 heavy (non-hydrogen) atoms. The van der Waals surface area contributed by atoms with Gasteiger partial charge in [-0.1, -0.05) is 30.3 Å². The van der Waals surface area contributed by atoms with Gasteiger partial charge in [0, 0.05) is 5.56 Å². The highest BCUT2D eigenvalue weighted by Crippen LogP contribution is 2.35. The molecule has 4 heteroatoms. The van der Waals surface area contributed by atoms with Crippen molar-refractivity contribution in [1.29, 1.82) is 0 Å². The van der Waals surface area contributed by atoms with Crippen LogP contribution in [0.3, 0.4) is 0 Å². The second-order valence-corrected chi connectivity index (χ2v) is 4.57. The Hall–Kier alpha value is -2.20. The van der Waals surface area contributed by atoms with Gasteiger partial charge in [0.15, 0.2) is 0 Å². The molecular formula is C15H12FNO2.